The molecule has 0 bridgehead atoms. The van der Waals surface area contributed by atoms with Crippen molar-refractivity contribution in [1.29, 1.82) is 0 Å². The number of nitrogens with one attached hydrogen (secondary N) is 1. The molecule has 0 radical (unpaired) electrons. The Labute approximate surface area is 209 Å². The summed E-state index contributed by atoms with van der Waals surface area (Å²) in [6.07, 6.45) is 4.66. The van der Waals surface area contributed by atoms with Gasteiger partial charge in [-0.15, -0.1) is 0 Å². The van der Waals surface area contributed by atoms with Crippen LogP contribution >= 0.6 is 0 Å². The van der Waals surface area contributed by atoms with Crippen LogP contribution in [-0.4, -0.2) is 58.6 Å². The van der Waals surface area contributed by atoms with Crippen molar-refractivity contribution in [1.82, 2.24) is 10.2 Å². The van der Waals surface area contributed by atoms with Gasteiger partial charge in [0.1, 0.15) is 5.75 Å². The Hall–Kier alpha value is -2.58. The van der Waals surface area contributed by atoms with Gasteiger partial charge in [0.05, 0.1) is 30.2 Å². The molecule has 0 aromatic heterocycles. The minimum Gasteiger partial charge on any atom is -0.496 e. The number of sulfonamides is 1. The Morgan fingerprint density at radius 2 is 1.89 bits per heavy atom. The number of amides is 1. The van der Waals surface area contributed by atoms with Crippen molar-refractivity contribution in [2.45, 2.75) is 63.3 Å². The molecule has 0 aliphatic carbocycles. The van der Waals surface area contributed by atoms with Crippen LogP contribution < -0.4 is 14.4 Å². The van der Waals surface area contributed by atoms with Crippen LogP contribution in [0, 0.1) is 13.8 Å². The van der Waals surface area contributed by atoms with Crippen LogP contribution in [0.1, 0.15) is 55.2 Å². The van der Waals surface area contributed by atoms with Crippen molar-refractivity contribution in [3.63, 3.8) is 0 Å². The number of hydrogen-bond donors (Lipinski definition) is 1. The van der Waals surface area contributed by atoms with E-state index in [1.54, 1.807) is 32.2 Å². The van der Waals surface area contributed by atoms with Crippen molar-refractivity contribution in [2.24, 2.45) is 0 Å². The number of likely N-dealkylation sites (tertiary alicyclic amines) is 1. The first-order chi connectivity index (χ1) is 16.8. The fraction of sp³-hybridized carbons (Fsp3) is 0.519. The van der Waals surface area contributed by atoms with Gasteiger partial charge in [-0.1, -0.05) is 24.6 Å². The van der Waals surface area contributed by atoms with Gasteiger partial charge in [0.2, 0.25) is 5.91 Å². The number of ether oxygens (including phenoxy) is 1. The number of anilines is 1. The number of rotatable bonds is 8. The first-order valence-corrected chi connectivity index (χ1v) is 14.0. The highest BCUT2D eigenvalue weighted by Crippen LogP contribution is 2.41. The lowest BCUT2D eigenvalue weighted by Gasteiger charge is -2.33. The first kappa shape index (κ1) is 25.5. The van der Waals surface area contributed by atoms with Crippen LogP contribution in [0.3, 0.4) is 0 Å². The molecule has 2 aliphatic rings. The minimum atomic E-state index is -3.85. The summed E-state index contributed by atoms with van der Waals surface area (Å²) in [5.74, 6) is -0.00140. The predicted octanol–water partition coefficient (Wildman–Crippen LogP) is 3.99. The number of para-hydroxylation sites is 1. The third-order valence-corrected chi connectivity index (χ3v) is 9.51. The van der Waals surface area contributed by atoms with E-state index in [0.717, 1.165) is 30.6 Å². The van der Waals surface area contributed by atoms with Crippen LogP contribution in [0.2, 0.25) is 0 Å². The van der Waals surface area contributed by atoms with E-state index in [4.69, 9.17) is 4.74 Å². The molecule has 0 unspecified atom stereocenters. The number of fused-ring (bicyclic) bond motifs is 1. The van der Waals surface area contributed by atoms with Gasteiger partial charge in [-0.2, -0.15) is 0 Å². The number of hydrogen-bond acceptors (Lipinski definition) is 5. The predicted molar refractivity (Wildman–Crippen MR) is 139 cm³/mol. The number of benzene rings is 2. The molecule has 35 heavy (non-hydrogen) atoms. The Bertz CT molecular complexity index is 1180. The summed E-state index contributed by atoms with van der Waals surface area (Å²) >= 11 is 0. The molecule has 1 fully saturated rings. The molecule has 1 saturated heterocycles. The molecule has 0 saturated carbocycles. The summed E-state index contributed by atoms with van der Waals surface area (Å²) in [4.78, 5) is 15.9. The van der Waals surface area contributed by atoms with Crippen LogP contribution in [0.15, 0.2) is 41.3 Å². The summed E-state index contributed by atoms with van der Waals surface area (Å²) in [7, 11) is -2.28. The van der Waals surface area contributed by atoms with Crippen molar-refractivity contribution in [3.8, 4) is 5.75 Å². The van der Waals surface area contributed by atoms with Gasteiger partial charge >= 0.3 is 0 Å². The van der Waals surface area contributed by atoms with E-state index in [2.05, 4.69) is 17.1 Å². The summed E-state index contributed by atoms with van der Waals surface area (Å²) in [6.45, 7) is 8.70. The van der Waals surface area contributed by atoms with Crippen molar-refractivity contribution < 1.29 is 17.9 Å². The molecule has 2 heterocycles. The van der Waals surface area contributed by atoms with E-state index in [0.29, 0.717) is 29.6 Å². The van der Waals surface area contributed by atoms with E-state index in [1.165, 1.54) is 23.6 Å². The van der Waals surface area contributed by atoms with Gasteiger partial charge in [-0.3, -0.25) is 9.10 Å². The van der Waals surface area contributed by atoms with E-state index >= 15 is 0 Å². The highest BCUT2D eigenvalue weighted by atomic mass is 32.2. The topological polar surface area (TPSA) is 79.0 Å². The quantitative estimate of drug-likeness (QED) is 0.556. The molecule has 2 aliphatic heterocycles. The standard InChI is InChI=1S/C27H37N3O4S/c1-19-10-7-8-16-29(19)17-9-15-28-27(31)23-18-30(24-12-6-5-11-22(23)24)35(32,33)26-14-13-25(34-4)20(2)21(26)3/h5-6,11-14,19,23H,7-10,15-18H2,1-4H3,(H,28,31)/t19-,23+/m1/s1. The number of methoxy groups -OCH3 is 1. The van der Waals surface area contributed by atoms with Gasteiger partial charge in [0, 0.05) is 19.1 Å². The smallest absolute Gasteiger partial charge is 0.264 e. The zero-order chi connectivity index (χ0) is 25.2. The Morgan fingerprint density at radius 1 is 1.11 bits per heavy atom. The fourth-order valence-corrected chi connectivity index (χ4v) is 7.11. The summed E-state index contributed by atoms with van der Waals surface area (Å²) in [5.41, 5.74) is 2.77. The molecule has 2 aromatic carbocycles. The molecule has 1 N–H and O–H groups in total. The maximum atomic E-state index is 13.8. The summed E-state index contributed by atoms with van der Waals surface area (Å²) in [5, 5.41) is 3.06. The first-order valence-electron chi connectivity index (χ1n) is 12.5. The lowest BCUT2D eigenvalue weighted by atomic mass is 10.0. The average molecular weight is 500 g/mol. The molecule has 4 rings (SSSR count). The lowest BCUT2D eigenvalue weighted by molar-refractivity contribution is -0.122. The Balaban J connectivity index is 1.48. The van der Waals surface area contributed by atoms with Crippen molar-refractivity contribution >= 4 is 21.6 Å². The number of carbonyl (C=O) groups excluding carboxylic acids is 1. The van der Waals surface area contributed by atoms with E-state index in [-0.39, 0.29) is 17.3 Å². The minimum absolute atomic E-state index is 0.0984. The maximum Gasteiger partial charge on any atom is 0.264 e. The second-order valence-corrected chi connectivity index (χ2v) is 11.5. The van der Waals surface area contributed by atoms with Gasteiger partial charge in [-0.05, 0) is 81.5 Å². The van der Waals surface area contributed by atoms with Gasteiger partial charge in [0.25, 0.3) is 10.0 Å². The molecule has 2 aromatic rings. The monoisotopic (exact) mass is 499 g/mol. The Morgan fingerprint density at radius 3 is 2.63 bits per heavy atom. The second kappa shape index (κ2) is 10.6. The molecule has 7 nitrogen and oxygen atoms in total. The van der Waals surface area contributed by atoms with Crippen molar-refractivity contribution in [3.05, 3.63) is 53.1 Å². The summed E-state index contributed by atoms with van der Waals surface area (Å²) in [6, 6.07) is 11.2. The zero-order valence-corrected chi connectivity index (χ0v) is 22.0. The zero-order valence-electron chi connectivity index (χ0n) is 21.2. The van der Waals surface area contributed by atoms with E-state index in [1.807, 2.05) is 25.1 Å². The van der Waals surface area contributed by atoms with Crippen LogP contribution in [0.25, 0.3) is 0 Å². The molecule has 0 spiro atoms. The highest BCUT2D eigenvalue weighted by Gasteiger charge is 2.40. The van der Waals surface area contributed by atoms with Crippen LogP contribution in [0.4, 0.5) is 5.69 Å². The number of carbonyl (C=O) groups is 1. The Kier molecular flexibility index (Phi) is 7.71. The van der Waals surface area contributed by atoms with E-state index < -0.39 is 15.9 Å². The average Bonchev–Trinajstić information content (AvgIpc) is 3.25. The summed E-state index contributed by atoms with van der Waals surface area (Å²) < 4.78 is 34.2. The molecule has 190 valence electrons. The third-order valence-electron chi connectivity index (χ3n) is 7.58. The lowest BCUT2D eigenvalue weighted by Crippen LogP contribution is -2.40. The normalized spacial score (nSPS) is 20.5. The van der Waals surface area contributed by atoms with Gasteiger partial charge in [-0.25, -0.2) is 8.42 Å². The second-order valence-electron chi connectivity index (χ2n) is 9.69. The SMILES string of the molecule is COc1ccc(S(=O)(=O)N2C[C@H](C(=O)NCCCN3CCCC[C@H]3C)c3ccccc32)c(C)c1C. The number of piperidine rings is 1. The van der Waals surface area contributed by atoms with Crippen LogP contribution in [-0.2, 0) is 14.8 Å². The molecular formula is C27H37N3O4S. The molecule has 1 amide bonds. The van der Waals surface area contributed by atoms with Crippen molar-refractivity contribution in [2.75, 3.05) is 37.6 Å². The number of nitrogens with zero attached hydrogens (tertiary/aromatic N) is 2. The largest absolute Gasteiger partial charge is 0.496 e. The molecule has 8 heteroatoms. The third kappa shape index (κ3) is 5.05. The molecule has 2 atom stereocenters. The van der Waals surface area contributed by atoms with Gasteiger partial charge < -0.3 is 15.0 Å². The highest BCUT2D eigenvalue weighted by molar-refractivity contribution is 7.93. The molecular weight excluding hydrogens is 462 g/mol. The fourth-order valence-electron chi connectivity index (χ4n) is 5.32. The van der Waals surface area contributed by atoms with Crippen LogP contribution in [0.5, 0.6) is 5.75 Å². The van der Waals surface area contributed by atoms with Gasteiger partial charge in [0.15, 0.2) is 0 Å². The van der Waals surface area contributed by atoms with E-state index in [9.17, 15) is 13.2 Å². The maximum absolute atomic E-state index is 13.8.